The third-order valence-electron chi connectivity index (χ3n) is 2.59. The van der Waals surface area contributed by atoms with Gasteiger partial charge in [-0.1, -0.05) is 6.07 Å². The molecule has 112 valence electrons. The Bertz CT molecular complexity index is 577. The lowest BCUT2D eigenvalue weighted by atomic mass is 9.97. The van der Waals surface area contributed by atoms with Gasteiger partial charge in [0.25, 0.3) is 0 Å². The summed E-state index contributed by atoms with van der Waals surface area (Å²) in [5.74, 6) is -6.68. The largest absolute Gasteiger partial charge is 0.465 e. The molecule has 0 aromatic heterocycles. The van der Waals surface area contributed by atoms with Gasteiger partial charge in [0.15, 0.2) is 17.6 Å². The maximum atomic E-state index is 14.0. The van der Waals surface area contributed by atoms with Crippen molar-refractivity contribution in [3.05, 3.63) is 34.9 Å². The summed E-state index contributed by atoms with van der Waals surface area (Å²) in [7, 11) is 0. The highest BCUT2D eigenvalue weighted by atomic mass is 19.2. The van der Waals surface area contributed by atoms with E-state index in [4.69, 9.17) is 5.26 Å². The van der Waals surface area contributed by atoms with Crippen molar-refractivity contribution in [2.75, 3.05) is 13.2 Å². The second-order valence-corrected chi connectivity index (χ2v) is 3.88. The highest BCUT2D eigenvalue weighted by Crippen LogP contribution is 2.26. The molecule has 1 aromatic rings. The molecule has 0 aliphatic heterocycles. The fraction of sp³-hybridized carbons (Fsp3) is 0.357. The molecule has 7 heteroatoms. The van der Waals surface area contributed by atoms with Gasteiger partial charge in [0.1, 0.15) is 6.07 Å². The number of nitriles is 1. The van der Waals surface area contributed by atoms with Crippen molar-refractivity contribution in [1.82, 2.24) is 0 Å². The first-order valence-corrected chi connectivity index (χ1v) is 6.19. The molecule has 0 aliphatic rings. The van der Waals surface area contributed by atoms with Gasteiger partial charge in [-0.2, -0.15) is 5.26 Å². The molecule has 0 aliphatic carbocycles. The van der Waals surface area contributed by atoms with Crippen molar-refractivity contribution in [2.24, 2.45) is 0 Å². The van der Waals surface area contributed by atoms with Crippen molar-refractivity contribution >= 4 is 11.9 Å². The first-order valence-electron chi connectivity index (χ1n) is 6.19. The first-order chi connectivity index (χ1) is 9.97. The van der Waals surface area contributed by atoms with E-state index in [0.29, 0.717) is 0 Å². The summed E-state index contributed by atoms with van der Waals surface area (Å²) >= 11 is 0. The lowest BCUT2D eigenvalue weighted by Gasteiger charge is -2.15. The van der Waals surface area contributed by atoms with Crippen LogP contribution in [-0.4, -0.2) is 25.2 Å². The zero-order chi connectivity index (χ0) is 16.0. The van der Waals surface area contributed by atoms with Crippen LogP contribution >= 0.6 is 0 Å². The van der Waals surface area contributed by atoms with Crippen LogP contribution in [0, 0.1) is 23.0 Å². The molecule has 0 saturated carbocycles. The maximum Gasteiger partial charge on any atom is 0.325 e. The monoisotopic (exact) mass is 297 g/mol. The van der Waals surface area contributed by atoms with Crippen molar-refractivity contribution in [3.8, 4) is 6.07 Å². The number of carbonyl (C=O) groups excluding carboxylic acids is 2. The summed E-state index contributed by atoms with van der Waals surface area (Å²) in [6.07, 6.45) is 0. The molecular weight excluding hydrogens is 284 g/mol. The van der Waals surface area contributed by atoms with E-state index in [1.54, 1.807) is 0 Å². The number of hydrogen-bond acceptors (Lipinski definition) is 5. The summed E-state index contributed by atoms with van der Waals surface area (Å²) in [6.45, 7) is 2.95. The van der Waals surface area contributed by atoms with Gasteiger partial charge in [0, 0.05) is 5.56 Å². The fourth-order valence-corrected chi connectivity index (χ4v) is 1.68. The molecular formula is C14H13F2NO4. The van der Waals surface area contributed by atoms with E-state index >= 15 is 0 Å². The van der Waals surface area contributed by atoms with Gasteiger partial charge in [-0.15, -0.1) is 0 Å². The Hall–Kier alpha value is -2.49. The average molecular weight is 297 g/mol. The summed E-state index contributed by atoms with van der Waals surface area (Å²) in [6, 6.07) is 3.44. The molecule has 0 heterocycles. The quantitative estimate of drug-likeness (QED) is 0.614. The molecule has 1 rings (SSSR count). The van der Waals surface area contributed by atoms with Crippen LogP contribution in [0.5, 0.6) is 0 Å². The van der Waals surface area contributed by atoms with E-state index in [0.717, 1.165) is 12.1 Å². The highest BCUT2D eigenvalue weighted by molar-refractivity contribution is 6.00. The summed E-state index contributed by atoms with van der Waals surface area (Å²) in [4.78, 5) is 23.6. The van der Waals surface area contributed by atoms with Crippen LogP contribution in [0.25, 0.3) is 0 Å². The molecule has 0 spiro atoms. The van der Waals surface area contributed by atoms with Crippen LogP contribution in [0.15, 0.2) is 12.1 Å². The minimum atomic E-state index is -1.73. The molecule has 0 bridgehead atoms. The van der Waals surface area contributed by atoms with Crippen LogP contribution in [0.3, 0.4) is 0 Å². The third kappa shape index (κ3) is 3.54. The minimum Gasteiger partial charge on any atom is -0.465 e. The van der Waals surface area contributed by atoms with Gasteiger partial charge in [-0.3, -0.25) is 9.59 Å². The number of carbonyl (C=O) groups is 2. The smallest absolute Gasteiger partial charge is 0.325 e. The lowest BCUT2D eigenvalue weighted by Crippen LogP contribution is -2.27. The second kappa shape index (κ2) is 7.33. The summed E-state index contributed by atoms with van der Waals surface area (Å²) in [5.41, 5.74) is -1.05. The first kappa shape index (κ1) is 16.6. The Kier molecular flexibility index (Phi) is 5.79. The van der Waals surface area contributed by atoms with Crippen molar-refractivity contribution in [2.45, 2.75) is 19.8 Å². The molecule has 0 amide bonds. The van der Waals surface area contributed by atoms with Crippen LogP contribution in [0.1, 0.15) is 30.9 Å². The molecule has 0 radical (unpaired) electrons. The van der Waals surface area contributed by atoms with Crippen molar-refractivity contribution in [1.29, 1.82) is 5.26 Å². The molecule has 0 saturated heterocycles. The number of ether oxygens (including phenoxy) is 2. The van der Waals surface area contributed by atoms with E-state index in [2.05, 4.69) is 9.47 Å². The fourth-order valence-electron chi connectivity index (χ4n) is 1.68. The predicted octanol–water partition coefficient (Wildman–Crippen LogP) is 2.05. The number of esters is 2. The Balaban J connectivity index is 3.33. The maximum absolute atomic E-state index is 14.0. The van der Waals surface area contributed by atoms with E-state index < -0.39 is 40.6 Å². The zero-order valence-electron chi connectivity index (χ0n) is 11.5. The molecule has 5 nitrogen and oxygen atoms in total. The summed E-state index contributed by atoms with van der Waals surface area (Å²) in [5, 5.41) is 8.62. The number of hydrogen-bond donors (Lipinski definition) is 0. The number of rotatable bonds is 5. The van der Waals surface area contributed by atoms with Gasteiger partial charge in [0.2, 0.25) is 0 Å². The standard InChI is InChI=1S/C14H13F2NO4/c1-3-20-13(18)10(14(19)21-4-2)9-6-5-8(7-17)11(15)12(9)16/h5-6,10H,3-4H2,1-2H3. The molecule has 1 aromatic carbocycles. The van der Waals surface area contributed by atoms with Crippen LogP contribution in [-0.2, 0) is 19.1 Å². The third-order valence-corrected chi connectivity index (χ3v) is 2.59. The Labute approximate surface area is 120 Å². The normalized spacial score (nSPS) is 10.1. The van der Waals surface area contributed by atoms with Crippen LogP contribution in [0.2, 0.25) is 0 Å². The van der Waals surface area contributed by atoms with Gasteiger partial charge in [-0.05, 0) is 19.9 Å². The Morgan fingerprint density at radius 1 is 1.14 bits per heavy atom. The minimum absolute atomic E-state index is 0.0326. The van der Waals surface area contributed by atoms with Crippen molar-refractivity contribution < 1.29 is 27.8 Å². The molecule has 21 heavy (non-hydrogen) atoms. The molecule has 0 fully saturated rings. The molecule has 0 unspecified atom stereocenters. The second-order valence-electron chi connectivity index (χ2n) is 3.88. The lowest BCUT2D eigenvalue weighted by molar-refractivity contribution is -0.157. The average Bonchev–Trinajstić information content (AvgIpc) is 2.44. The van der Waals surface area contributed by atoms with Gasteiger partial charge in [0.05, 0.1) is 18.8 Å². The topological polar surface area (TPSA) is 76.4 Å². The van der Waals surface area contributed by atoms with E-state index in [1.807, 2.05) is 0 Å². The van der Waals surface area contributed by atoms with Crippen LogP contribution < -0.4 is 0 Å². The van der Waals surface area contributed by atoms with Gasteiger partial charge >= 0.3 is 11.9 Å². The van der Waals surface area contributed by atoms with E-state index in [1.165, 1.54) is 19.9 Å². The number of halogens is 2. The van der Waals surface area contributed by atoms with Gasteiger partial charge < -0.3 is 9.47 Å². The SMILES string of the molecule is CCOC(=O)C(C(=O)OCC)c1ccc(C#N)c(F)c1F. The highest BCUT2D eigenvalue weighted by Gasteiger charge is 2.35. The zero-order valence-corrected chi connectivity index (χ0v) is 11.5. The van der Waals surface area contributed by atoms with Crippen molar-refractivity contribution in [3.63, 3.8) is 0 Å². The summed E-state index contributed by atoms with van der Waals surface area (Å²) < 4.78 is 36.9. The number of benzene rings is 1. The van der Waals surface area contributed by atoms with E-state index in [-0.39, 0.29) is 13.2 Å². The van der Waals surface area contributed by atoms with E-state index in [9.17, 15) is 18.4 Å². The van der Waals surface area contributed by atoms with Gasteiger partial charge in [-0.25, -0.2) is 8.78 Å². The molecule has 0 N–H and O–H groups in total. The Morgan fingerprint density at radius 3 is 2.10 bits per heavy atom. The number of nitrogens with zero attached hydrogens (tertiary/aromatic N) is 1. The Morgan fingerprint density at radius 2 is 1.67 bits per heavy atom. The van der Waals surface area contributed by atoms with Crippen LogP contribution in [0.4, 0.5) is 8.78 Å². The predicted molar refractivity (Wildman–Crippen MR) is 67.1 cm³/mol. The molecule has 0 atom stereocenters.